The zero-order chi connectivity index (χ0) is 10.8. The lowest BCUT2D eigenvalue weighted by molar-refractivity contribution is 0.959. The van der Waals surface area contributed by atoms with Crippen molar-refractivity contribution < 1.29 is 0 Å². The number of nitrogens with two attached hydrogens (primary N) is 1. The predicted octanol–water partition coefficient (Wildman–Crippen LogP) is 2.59. The van der Waals surface area contributed by atoms with Crippen LogP contribution in [0.15, 0.2) is 26.1 Å². The largest absolute Gasteiger partial charge is 0.397 e. The Bertz CT molecular complexity index is 399. The van der Waals surface area contributed by atoms with Crippen LogP contribution in [0, 0.1) is 0 Å². The highest BCUT2D eigenvalue weighted by atomic mass is 79.9. The van der Waals surface area contributed by atoms with Crippen molar-refractivity contribution in [3.63, 3.8) is 0 Å². The summed E-state index contributed by atoms with van der Waals surface area (Å²) >= 11 is 6.78. The van der Waals surface area contributed by atoms with E-state index >= 15 is 0 Å². The van der Waals surface area contributed by atoms with Crippen LogP contribution in [-0.4, -0.2) is 19.0 Å². The SMILES string of the molecule is Cl.Nc1c(Br)cc(NC2=NCCN2)cc1Br. The normalized spacial score (nSPS) is 13.8. The molecule has 1 aromatic rings. The number of nitrogen functional groups attached to an aromatic ring is 1. The summed E-state index contributed by atoms with van der Waals surface area (Å²) < 4.78 is 1.72. The number of nitrogens with zero attached hydrogens (tertiary/aromatic N) is 1. The van der Waals surface area contributed by atoms with Gasteiger partial charge in [-0.2, -0.15) is 0 Å². The summed E-state index contributed by atoms with van der Waals surface area (Å²) in [6, 6.07) is 3.84. The molecular formula is C9H11Br2ClN4. The first-order valence-corrected chi connectivity index (χ1v) is 6.05. The Morgan fingerprint density at radius 1 is 1.31 bits per heavy atom. The molecule has 4 nitrogen and oxygen atoms in total. The molecule has 0 saturated heterocycles. The molecule has 0 aliphatic carbocycles. The second-order valence-electron chi connectivity index (χ2n) is 3.14. The summed E-state index contributed by atoms with van der Waals surface area (Å²) in [4.78, 5) is 4.25. The van der Waals surface area contributed by atoms with E-state index in [1.54, 1.807) is 0 Å². The monoisotopic (exact) mass is 368 g/mol. The Labute approximate surface area is 117 Å². The van der Waals surface area contributed by atoms with Gasteiger partial charge in [0.1, 0.15) is 0 Å². The van der Waals surface area contributed by atoms with Gasteiger partial charge in [0.05, 0.1) is 12.2 Å². The first kappa shape index (κ1) is 13.6. The van der Waals surface area contributed by atoms with Gasteiger partial charge in [0.25, 0.3) is 0 Å². The summed E-state index contributed by atoms with van der Waals surface area (Å²) in [7, 11) is 0. The molecule has 0 unspecified atom stereocenters. The van der Waals surface area contributed by atoms with Crippen molar-refractivity contribution in [3.05, 3.63) is 21.1 Å². The number of anilines is 2. The van der Waals surface area contributed by atoms with Crippen LogP contribution in [0.25, 0.3) is 0 Å². The lowest BCUT2D eigenvalue weighted by Gasteiger charge is -2.09. The molecule has 0 amide bonds. The van der Waals surface area contributed by atoms with Crippen LogP contribution in [0.1, 0.15) is 0 Å². The molecule has 88 valence electrons. The van der Waals surface area contributed by atoms with Gasteiger partial charge < -0.3 is 16.4 Å². The summed E-state index contributed by atoms with van der Waals surface area (Å²) in [5.41, 5.74) is 7.43. The van der Waals surface area contributed by atoms with E-state index in [1.165, 1.54) is 0 Å². The van der Waals surface area contributed by atoms with Crippen LogP contribution in [0.2, 0.25) is 0 Å². The third-order valence-electron chi connectivity index (χ3n) is 2.02. The molecule has 1 heterocycles. The van der Waals surface area contributed by atoms with E-state index < -0.39 is 0 Å². The zero-order valence-corrected chi connectivity index (χ0v) is 12.2. The number of aliphatic imine (C=N–C) groups is 1. The van der Waals surface area contributed by atoms with Crippen molar-refractivity contribution in [2.45, 2.75) is 0 Å². The van der Waals surface area contributed by atoms with Crippen molar-refractivity contribution in [1.82, 2.24) is 5.32 Å². The fourth-order valence-electron chi connectivity index (χ4n) is 1.27. The Kier molecular flexibility index (Phi) is 4.89. The third kappa shape index (κ3) is 3.02. The van der Waals surface area contributed by atoms with Crippen LogP contribution in [0.4, 0.5) is 11.4 Å². The summed E-state index contributed by atoms with van der Waals surface area (Å²) in [6.07, 6.45) is 0. The molecule has 1 aliphatic rings. The minimum absolute atomic E-state index is 0. The summed E-state index contributed by atoms with van der Waals surface area (Å²) in [5, 5.41) is 6.31. The van der Waals surface area contributed by atoms with Crippen molar-refractivity contribution in [2.75, 3.05) is 24.1 Å². The number of hydrogen-bond donors (Lipinski definition) is 3. The van der Waals surface area contributed by atoms with Gasteiger partial charge in [0, 0.05) is 21.2 Å². The number of guanidine groups is 1. The number of halogens is 3. The number of nitrogens with one attached hydrogen (secondary N) is 2. The van der Waals surface area contributed by atoms with Crippen molar-refractivity contribution in [1.29, 1.82) is 0 Å². The van der Waals surface area contributed by atoms with Gasteiger partial charge in [-0.05, 0) is 44.0 Å². The van der Waals surface area contributed by atoms with Crippen LogP contribution < -0.4 is 16.4 Å². The Morgan fingerprint density at radius 2 is 1.94 bits per heavy atom. The lowest BCUT2D eigenvalue weighted by Crippen LogP contribution is -2.26. The minimum Gasteiger partial charge on any atom is -0.397 e. The zero-order valence-electron chi connectivity index (χ0n) is 8.26. The fourth-order valence-corrected chi connectivity index (χ4v) is 2.46. The predicted molar refractivity (Wildman–Crippen MR) is 77.4 cm³/mol. The molecule has 16 heavy (non-hydrogen) atoms. The molecule has 7 heteroatoms. The second-order valence-corrected chi connectivity index (χ2v) is 4.84. The van der Waals surface area contributed by atoms with E-state index in [2.05, 4.69) is 47.5 Å². The topological polar surface area (TPSA) is 62.4 Å². The van der Waals surface area contributed by atoms with Crippen LogP contribution in [0.3, 0.4) is 0 Å². The molecule has 0 radical (unpaired) electrons. The van der Waals surface area contributed by atoms with Gasteiger partial charge in [-0.1, -0.05) is 0 Å². The van der Waals surface area contributed by atoms with Gasteiger partial charge in [0.2, 0.25) is 0 Å². The smallest absolute Gasteiger partial charge is 0.195 e. The highest BCUT2D eigenvalue weighted by Crippen LogP contribution is 2.31. The maximum Gasteiger partial charge on any atom is 0.195 e. The highest BCUT2D eigenvalue weighted by molar-refractivity contribution is 9.11. The Balaban J connectivity index is 0.00000128. The van der Waals surface area contributed by atoms with Crippen molar-refractivity contribution in [3.8, 4) is 0 Å². The van der Waals surface area contributed by atoms with Crippen LogP contribution >= 0.6 is 44.3 Å². The second kappa shape index (κ2) is 5.75. The quantitative estimate of drug-likeness (QED) is 0.666. The highest BCUT2D eigenvalue weighted by Gasteiger charge is 2.08. The van der Waals surface area contributed by atoms with Crippen molar-refractivity contribution >= 4 is 61.6 Å². The molecule has 1 aromatic carbocycles. The number of rotatable bonds is 1. The maximum atomic E-state index is 5.79. The Hall–Kier alpha value is -0.460. The molecule has 0 spiro atoms. The van der Waals surface area contributed by atoms with Crippen LogP contribution in [0.5, 0.6) is 0 Å². The molecule has 0 bridgehead atoms. The van der Waals surface area contributed by atoms with E-state index in [0.717, 1.165) is 33.7 Å². The van der Waals surface area contributed by atoms with E-state index in [1.807, 2.05) is 12.1 Å². The van der Waals surface area contributed by atoms with Gasteiger partial charge in [0.15, 0.2) is 5.96 Å². The molecule has 2 rings (SSSR count). The molecule has 0 aromatic heterocycles. The van der Waals surface area contributed by atoms with Crippen LogP contribution in [-0.2, 0) is 0 Å². The third-order valence-corrected chi connectivity index (χ3v) is 3.33. The first-order valence-electron chi connectivity index (χ1n) is 4.46. The molecule has 1 aliphatic heterocycles. The van der Waals surface area contributed by atoms with Gasteiger partial charge in [-0.25, -0.2) is 0 Å². The summed E-state index contributed by atoms with van der Waals surface area (Å²) in [6.45, 7) is 1.71. The van der Waals surface area contributed by atoms with Gasteiger partial charge >= 0.3 is 0 Å². The van der Waals surface area contributed by atoms with Gasteiger partial charge in [-0.15, -0.1) is 12.4 Å². The van der Waals surface area contributed by atoms with Crippen molar-refractivity contribution in [2.24, 2.45) is 4.99 Å². The molecular weight excluding hydrogens is 359 g/mol. The van der Waals surface area contributed by atoms with E-state index in [9.17, 15) is 0 Å². The standard InChI is InChI=1S/C9H10Br2N4.ClH/c10-6-3-5(4-7(11)8(6)12)15-9-13-1-2-14-9;/h3-4H,1-2,12H2,(H2,13,14,15);1H. The number of hydrogen-bond acceptors (Lipinski definition) is 4. The molecule has 4 N–H and O–H groups in total. The molecule has 0 atom stereocenters. The average Bonchev–Trinajstić information content (AvgIpc) is 2.66. The lowest BCUT2D eigenvalue weighted by atomic mass is 10.3. The minimum atomic E-state index is 0. The molecule has 0 saturated carbocycles. The summed E-state index contributed by atoms with van der Waals surface area (Å²) in [5.74, 6) is 0.804. The van der Waals surface area contributed by atoms with E-state index in [-0.39, 0.29) is 12.4 Å². The average molecular weight is 370 g/mol. The fraction of sp³-hybridized carbons (Fsp3) is 0.222. The van der Waals surface area contributed by atoms with E-state index in [0.29, 0.717) is 5.69 Å². The van der Waals surface area contributed by atoms with E-state index in [4.69, 9.17) is 5.73 Å². The maximum absolute atomic E-state index is 5.79. The van der Waals surface area contributed by atoms with Gasteiger partial charge in [-0.3, -0.25) is 4.99 Å². The Morgan fingerprint density at radius 3 is 2.44 bits per heavy atom. The molecule has 0 fully saturated rings. The first-order chi connectivity index (χ1) is 7.16. The number of benzene rings is 1.